The average molecular weight is 281 g/mol. The molecule has 1 fully saturated rings. The predicted molar refractivity (Wildman–Crippen MR) is 92.0 cm³/mol. The first-order valence-corrected chi connectivity index (χ1v) is 8.81. The summed E-state index contributed by atoms with van der Waals surface area (Å²) in [4.78, 5) is 0. The molecule has 120 valence electrons. The molecular weight excluding hydrogens is 240 g/mol. The lowest BCUT2D eigenvalue weighted by Gasteiger charge is -2.59. The Morgan fingerprint density at radius 2 is 1.15 bits per heavy atom. The van der Waals surface area contributed by atoms with Crippen LogP contribution < -0.4 is 0 Å². The van der Waals surface area contributed by atoms with Gasteiger partial charge in [0, 0.05) is 0 Å². The van der Waals surface area contributed by atoms with Crippen molar-refractivity contribution in [2.45, 2.75) is 101 Å². The smallest absolute Gasteiger partial charge is 0.0218 e. The van der Waals surface area contributed by atoms with Gasteiger partial charge in [-0.3, -0.25) is 0 Å². The van der Waals surface area contributed by atoms with Gasteiger partial charge in [0.2, 0.25) is 0 Å². The number of hydrogen-bond donors (Lipinski definition) is 0. The largest absolute Gasteiger partial charge is 0.0602 e. The van der Waals surface area contributed by atoms with Gasteiger partial charge in [-0.25, -0.2) is 0 Å². The summed E-state index contributed by atoms with van der Waals surface area (Å²) in [5, 5.41) is 0. The first-order valence-electron chi connectivity index (χ1n) is 8.81. The van der Waals surface area contributed by atoms with E-state index in [4.69, 9.17) is 0 Å². The van der Waals surface area contributed by atoms with Gasteiger partial charge in [-0.2, -0.15) is 0 Å². The molecule has 0 amide bonds. The molecule has 0 aromatic carbocycles. The van der Waals surface area contributed by atoms with Gasteiger partial charge in [0.15, 0.2) is 0 Å². The second kappa shape index (κ2) is 5.65. The summed E-state index contributed by atoms with van der Waals surface area (Å²) in [6, 6.07) is 0. The van der Waals surface area contributed by atoms with Gasteiger partial charge in [-0.15, -0.1) is 0 Å². The molecule has 0 radical (unpaired) electrons. The Hall–Kier alpha value is 0. The normalized spacial score (nSPS) is 22.6. The molecule has 0 aliphatic heterocycles. The topological polar surface area (TPSA) is 0 Å². The van der Waals surface area contributed by atoms with Crippen LogP contribution in [0.4, 0.5) is 0 Å². The van der Waals surface area contributed by atoms with Crippen LogP contribution in [-0.2, 0) is 0 Å². The Balaban J connectivity index is 3.14. The third-order valence-electron chi connectivity index (χ3n) is 6.59. The fourth-order valence-corrected chi connectivity index (χ4v) is 4.79. The van der Waals surface area contributed by atoms with Gasteiger partial charge in [0.25, 0.3) is 0 Å². The molecule has 0 nitrogen and oxygen atoms in total. The maximum atomic E-state index is 2.58. The van der Waals surface area contributed by atoms with E-state index in [1.165, 1.54) is 38.5 Å². The molecule has 1 saturated carbocycles. The highest BCUT2D eigenvalue weighted by Gasteiger charge is 2.53. The molecule has 0 aromatic heterocycles. The minimum absolute atomic E-state index is 0.348. The minimum atomic E-state index is 0.348. The van der Waals surface area contributed by atoms with E-state index >= 15 is 0 Å². The van der Waals surface area contributed by atoms with Crippen LogP contribution in [0.5, 0.6) is 0 Å². The van der Waals surface area contributed by atoms with E-state index in [1.54, 1.807) is 0 Å². The van der Waals surface area contributed by atoms with E-state index in [-0.39, 0.29) is 0 Å². The summed E-state index contributed by atoms with van der Waals surface area (Å²) in [6.45, 7) is 22.3. The van der Waals surface area contributed by atoms with Crippen LogP contribution in [0.1, 0.15) is 101 Å². The van der Waals surface area contributed by atoms with E-state index < -0.39 is 0 Å². The fraction of sp³-hybridized carbons (Fsp3) is 1.00. The van der Waals surface area contributed by atoms with Gasteiger partial charge >= 0.3 is 0 Å². The van der Waals surface area contributed by atoms with Gasteiger partial charge in [-0.05, 0) is 46.8 Å². The molecule has 1 aliphatic carbocycles. The third kappa shape index (κ3) is 3.60. The first kappa shape index (κ1) is 18.1. The van der Waals surface area contributed by atoms with Crippen molar-refractivity contribution in [3.8, 4) is 0 Å². The lowest BCUT2D eigenvalue weighted by atomic mass is 9.46. The molecule has 0 aromatic rings. The maximum absolute atomic E-state index is 2.58. The van der Waals surface area contributed by atoms with Crippen molar-refractivity contribution in [1.29, 1.82) is 0 Å². The predicted octanol–water partition coefficient (Wildman–Crippen LogP) is 7.08. The van der Waals surface area contributed by atoms with E-state index in [9.17, 15) is 0 Å². The van der Waals surface area contributed by atoms with Crippen LogP contribution in [0.2, 0.25) is 0 Å². The SMILES string of the molecule is CC(C)(C)CC(C)(C(C)(C)C)C(C)(C)C1CCCCC1. The molecule has 1 aliphatic rings. The highest BCUT2D eigenvalue weighted by molar-refractivity contribution is 5.02. The van der Waals surface area contributed by atoms with Crippen LogP contribution in [-0.4, -0.2) is 0 Å². The minimum Gasteiger partial charge on any atom is -0.0602 e. The van der Waals surface area contributed by atoms with Crippen LogP contribution in [0, 0.1) is 27.6 Å². The molecule has 1 unspecified atom stereocenters. The molecule has 0 spiro atoms. The summed E-state index contributed by atoms with van der Waals surface area (Å²) in [5.41, 5.74) is 1.54. The monoisotopic (exact) mass is 280 g/mol. The lowest BCUT2D eigenvalue weighted by Crippen LogP contribution is -2.51. The van der Waals surface area contributed by atoms with Crippen LogP contribution in [0.15, 0.2) is 0 Å². The standard InChI is InChI=1S/C20H40/c1-17(2,3)15-20(9,18(4,5)6)19(7,8)16-13-11-10-12-14-16/h16H,10-15H2,1-9H3. The Labute approximate surface area is 129 Å². The summed E-state index contributed by atoms with van der Waals surface area (Å²) in [5.74, 6) is 0.905. The zero-order valence-corrected chi connectivity index (χ0v) is 15.8. The van der Waals surface area contributed by atoms with Gasteiger partial charge in [0.1, 0.15) is 0 Å². The number of hydrogen-bond acceptors (Lipinski definition) is 0. The molecule has 0 bridgehead atoms. The molecule has 0 saturated heterocycles. The molecule has 0 heterocycles. The highest BCUT2D eigenvalue weighted by Crippen LogP contribution is 2.61. The van der Waals surface area contributed by atoms with Gasteiger partial charge in [0.05, 0.1) is 0 Å². The van der Waals surface area contributed by atoms with Crippen molar-refractivity contribution in [1.82, 2.24) is 0 Å². The molecule has 1 rings (SSSR count). The highest BCUT2D eigenvalue weighted by atomic mass is 14.6. The zero-order valence-electron chi connectivity index (χ0n) is 15.8. The molecule has 1 atom stereocenters. The Morgan fingerprint density at radius 3 is 1.50 bits per heavy atom. The summed E-state index contributed by atoms with van der Waals surface area (Å²) in [7, 11) is 0. The maximum Gasteiger partial charge on any atom is -0.0218 e. The Kier molecular flexibility index (Phi) is 5.10. The van der Waals surface area contributed by atoms with E-state index in [2.05, 4.69) is 62.3 Å². The molecule has 0 heteroatoms. The fourth-order valence-electron chi connectivity index (χ4n) is 4.79. The van der Waals surface area contributed by atoms with Crippen LogP contribution >= 0.6 is 0 Å². The Morgan fingerprint density at radius 1 is 0.700 bits per heavy atom. The van der Waals surface area contributed by atoms with E-state index in [0.717, 1.165) is 5.92 Å². The second-order valence-corrected chi connectivity index (χ2v) is 10.4. The average Bonchev–Trinajstić information content (AvgIpc) is 2.26. The summed E-state index contributed by atoms with van der Waals surface area (Å²) < 4.78 is 0. The van der Waals surface area contributed by atoms with Gasteiger partial charge < -0.3 is 0 Å². The van der Waals surface area contributed by atoms with Crippen molar-refractivity contribution < 1.29 is 0 Å². The molecular formula is C20H40. The first-order chi connectivity index (χ1) is 8.81. The van der Waals surface area contributed by atoms with Crippen LogP contribution in [0.3, 0.4) is 0 Å². The summed E-state index contributed by atoms with van der Waals surface area (Å²) in [6.07, 6.45) is 8.56. The zero-order chi connectivity index (χ0) is 15.8. The van der Waals surface area contributed by atoms with Gasteiger partial charge in [-0.1, -0.05) is 81.6 Å². The van der Waals surface area contributed by atoms with Crippen molar-refractivity contribution in [2.75, 3.05) is 0 Å². The third-order valence-corrected chi connectivity index (χ3v) is 6.59. The Bertz CT molecular complexity index is 304. The van der Waals surface area contributed by atoms with Crippen molar-refractivity contribution >= 4 is 0 Å². The lowest BCUT2D eigenvalue weighted by molar-refractivity contribution is -0.0978. The molecule has 0 N–H and O–H groups in total. The molecule has 20 heavy (non-hydrogen) atoms. The quantitative estimate of drug-likeness (QED) is 0.518. The van der Waals surface area contributed by atoms with E-state index in [0.29, 0.717) is 21.7 Å². The van der Waals surface area contributed by atoms with E-state index in [1.807, 2.05) is 0 Å². The van der Waals surface area contributed by atoms with Crippen LogP contribution in [0.25, 0.3) is 0 Å². The van der Waals surface area contributed by atoms with Crippen molar-refractivity contribution in [3.05, 3.63) is 0 Å². The summed E-state index contributed by atoms with van der Waals surface area (Å²) >= 11 is 0. The second-order valence-electron chi connectivity index (χ2n) is 10.4. The number of rotatable bonds is 3. The van der Waals surface area contributed by atoms with Crippen molar-refractivity contribution in [2.24, 2.45) is 27.6 Å². The van der Waals surface area contributed by atoms with Crippen molar-refractivity contribution in [3.63, 3.8) is 0 Å².